The molecule has 0 amide bonds. The van der Waals surface area contributed by atoms with Gasteiger partial charge < -0.3 is 20.3 Å². The minimum Gasteiger partial charge on any atom is -0.497 e. The molecular formula is C27H33FN8O. The van der Waals surface area contributed by atoms with Gasteiger partial charge in [-0.3, -0.25) is 4.90 Å². The van der Waals surface area contributed by atoms with Crippen molar-refractivity contribution < 1.29 is 9.13 Å². The summed E-state index contributed by atoms with van der Waals surface area (Å²) in [5, 5.41) is 5.28. The van der Waals surface area contributed by atoms with Crippen molar-refractivity contribution in [1.82, 2.24) is 29.5 Å². The van der Waals surface area contributed by atoms with Crippen LogP contribution in [0.4, 0.5) is 16.2 Å². The van der Waals surface area contributed by atoms with Crippen LogP contribution in [0.5, 0.6) is 5.75 Å². The van der Waals surface area contributed by atoms with Crippen molar-refractivity contribution in [2.45, 2.75) is 6.54 Å². The SMILES string of the molecule is COc1ccc(-c2nc(N3CCN(CCN(C)C)CC3)nc3nn(Cc4ccccc4)c(N)c23)c(F)c1. The van der Waals surface area contributed by atoms with Crippen molar-refractivity contribution in [2.24, 2.45) is 0 Å². The summed E-state index contributed by atoms with van der Waals surface area (Å²) in [5.74, 6) is 0.945. The Kier molecular flexibility index (Phi) is 7.20. The highest BCUT2D eigenvalue weighted by Crippen LogP contribution is 2.35. The molecule has 1 fully saturated rings. The molecule has 10 heteroatoms. The highest BCUT2D eigenvalue weighted by molar-refractivity contribution is 5.99. The Bertz CT molecular complexity index is 1370. The monoisotopic (exact) mass is 504 g/mol. The number of ether oxygens (including phenoxy) is 1. The van der Waals surface area contributed by atoms with Crippen LogP contribution in [0.15, 0.2) is 48.5 Å². The molecule has 5 rings (SSSR count). The maximum atomic E-state index is 15.3. The molecule has 4 aromatic rings. The second kappa shape index (κ2) is 10.7. The summed E-state index contributed by atoms with van der Waals surface area (Å²) in [6.07, 6.45) is 0. The molecule has 3 heterocycles. The fourth-order valence-corrected chi connectivity index (χ4v) is 4.58. The summed E-state index contributed by atoms with van der Waals surface area (Å²) < 4.78 is 22.2. The van der Waals surface area contributed by atoms with Crippen LogP contribution < -0.4 is 15.4 Å². The predicted octanol–water partition coefficient (Wildman–Crippen LogP) is 2.96. The third kappa shape index (κ3) is 5.35. The van der Waals surface area contributed by atoms with Gasteiger partial charge in [-0.15, -0.1) is 5.10 Å². The van der Waals surface area contributed by atoms with Gasteiger partial charge in [0.15, 0.2) is 5.65 Å². The van der Waals surface area contributed by atoms with E-state index in [0.29, 0.717) is 46.4 Å². The lowest BCUT2D eigenvalue weighted by Gasteiger charge is -2.35. The molecule has 0 aliphatic carbocycles. The van der Waals surface area contributed by atoms with Gasteiger partial charge in [0.2, 0.25) is 5.95 Å². The lowest BCUT2D eigenvalue weighted by Crippen LogP contribution is -2.48. The number of methoxy groups -OCH3 is 1. The first kappa shape index (κ1) is 24.9. The number of benzene rings is 2. The number of hydrogen-bond acceptors (Lipinski definition) is 8. The Labute approximate surface area is 216 Å². The van der Waals surface area contributed by atoms with E-state index in [1.165, 1.54) is 13.2 Å². The van der Waals surface area contributed by atoms with Crippen LogP contribution in [0.2, 0.25) is 0 Å². The Morgan fingerprint density at radius 3 is 2.46 bits per heavy atom. The number of likely N-dealkylation sites (N-methyl/N-ethyl adjacent to an activating group) is 1. The van der Waals surface area contributed by atoms with E-state index in [0.717, 1.165) is 44.8 Å². The van der Waals surface area contributed by atoms with Crippen molar-refractivity contribution >= 4 is 22.8 Å². The van der Waals surface area contributed by atoms with E-state index in [1.807, 2.05) is 30.3 Å². The number of aromatic nitrogens is 4. The van der Waals surface area contributed by atoms with E-state index < -0.39 is 5.82 Å². The normalized spacial score (nSPS) is 14.6. The Morgan fingerprint density at radius 1 is 1.03 bits per heavy atom. The summed E-state index contributed by atoms with van der Waals surface area (Å²) in [6.45, 7) is 5.89. The second-order valence-electron chi connectivity index (χ2n) is 9.58. The zero-order chi connectivity index (χ0) is 25.9. The van der Waals surface area contributed by atoms with Crippen molar-refractivity contribution in [3.63, 3.8) is 0 Å². The summed E-state index contributed by atoms with van der Waals surface area (Å²) >= 11 is 0. The quantitative estimate of drug-likeness (QED) is 0.392. The van der Waals surface area contributed by atoms with Crippen LogP contribution >= 0.6 is 0 Å². The van der Waals surface area contributed by atoms with Crippen LogP contribution in [0, 0.1) is 5.82 Å². The zero-order valence-corrected chi connectivity index (χ0v) is 21.6. The highest BCUT2D eigenvalue weighted by atomic mass is 19.1. The maximum Gasteiger partial charge on any atom is 0.228 e. The molecule has 0 atom stereocenters. The number of fused-ring (bicyclic) bond motifs is 1. The van der Waals surface area contributed by atoms with Gasteiger partial charge in [0.1, 0.15) is 17.4 Å². The van der Waals surface area contributed by atoms with E-state index in [1.54, 1.807) is 16.8 Å². The second-order valence-corrected chi connectivity index (χ2v) is 9.58. The number of piperazine rings is 1. The van der Waals surface area contributed by atoms with Crippen molar-refractivity contribution in [1.29, 1.82) is 0 Å². The molecule has 2 aromatic heterocycles. The molecule has 9 nitrogen and oxygen atoms in total. The van der Waals surface area contributed by atoms with Gasteiger partial charge in [-0.05, 0) is 31.8 Å². The lowest BCUT2D eigenvalue weighted by atomic mass is 10.1. The van der Waals surface area contributed by atoms with E-state index in [2.05, 4.69) is 28.8 Å². The van der Waals surface area contributed by atoms with Gasteiger partial charge in [0, 0.05) is 50.9 Å². The van der Waals surface area contributed by atoms with E-state index >= 15 is 4.39 Å². The van der Waals surface area contributed by atoms with E-state index in [9.17, 15) is 0 Å². The van der Waals surface area contributed by atoms with E-state index in [-0.39, 0.29) is 0 Å². The number of anilines is 2. The van der Waals surface area contributed by atoms with Crippen LogP contribution in [0.25, 0.3) is 22.3 Å². The first-order chi connectivity index (χ1) is 17.9. The molecule has 0 unspecified atom stereocenters. The molecular weight excluding hydrogens is 471 g/mol. The molecule has 0 spiro atoms. The van der Waals surface area contributed by atoms with Gasteiger partial charge >= 0.3 is 0 Å². The molecule has 0 bridgehead atoms. The largest absolute Gasteiger partial charge is 0.497 e. The number of rotatable bonds is 8. The molecule has 194 valence electrons. The van der Waals surface area contributed by atoms with Crippen molar-refractivity contribution in [3.05, 3.63) is 59.9 Å². The third-order valence-electron chi connectivity index (χ3n) is 6.75. The van der Waals surface area contributed by atoms with Crippen LogP contribution in [0.1, 0.15) is 5.56 Å². The summed E-state index contributed by atoms with van der Waals surface area (Å²) in [7, 11) is 5.68. The van der Waals surface area contributed by atoms with Gasteiger partial charge in [0.05, 0.1) is 24.7 Å². The van der Waals surface area contributed by atoms with Crippen molar-refractivity contribution in [2.75, 3.05) is 71.1 Å². The highest BCUT2D eigenvalue weighted by Gasteiger charge is 2.25. The fourth-order valence-electron chi connectivity index (χ4n) is 4.58. The summed E-state index contributed by atoms with van der Waals surface area (Å²) in [6, 6.07) is 14.7. The smallest absolute Gasteiger partial charge is 0.228 e. The molecule has 1 aliphatic heterocycles. The van der Waals surface area contributed by atoms with Crippen molar-refractivity contribution in [3.8, 4) is 17.0 Å². The third-order valence-corrected chi connectivity index (χ3v) is 6.75. The molecule has 1 aliphatic rings. The minimum atomic E-state index is -0.436. The van der Waals surface area contributed by atoms with Crippen LogP contribution in [-0.4, -0.2) is 90.0 Å². The summed E-state index contributed by atoms with van der Waals surface area (Å²) in [4.78, 5) is 16.4. The number of nitrogen functional groups attached to an aromatic ring is 1. The summed E-state index contributed by atoms with van der Waals surface area (Å²) in [5.41, 5.74) is 8.87. The Balaban J connectivity index is 1.54. The molecule has 2 N–H and O–H groups in total. The Morgan fingerprint density at radius 2 is 1.78 bits per heavy atom. The average molecular weight is 505 g/mol. The molecule has 37 heavy (non-hydrogen) atoms. The fraction of sp³-hybridized carbons (Fsp3) is 0.370. The Hall–Kier alpha value is -3.76. The average Bonchev–Trinajstić information content (AvgIpc) is 3.22. The van der Waals surface area contributed by atoms with Crippen LogP contribution in [0.3, 0.4) is 0 Å². The number of hydrogen-bond donors (Lipinski definition) is 1. The molecule has 0 saturated carbocycles. The number of nitrogens with zero attached hydrogens (tertiary/aromatic N) is 7. The number of halogens is 1. The standard InChI is InChI=1S/C27H33FN8O/c1-33(2)11-12-34-13-15-35(16-14-34)27-30-24(21-10-9-20(37-3)17-22(21)28)23-25(29)36(32-26(23)31-27)18-19-7-5-4-6-8-19/h4-10,17H,11-16,18,29H2,1-3H3. The maximum absolute atomic E-state index is 15.3. The minimum absolute atomic E-state index is 0.338. The van der Waals surface area contributed by atoms with E-state index in [4.69, 9.17) is 25.5 Å². The predicted molar refractivity (Wildman–Crippen MR) is 144 cm³/mol. The topological polar surface area (TPSA) is 88.6 Å². The van der Waals surface area contributed by atoms with Gasteiger partial charge in [-0.25, -0.2) is 14.1 Å². The zero-order valence-electron chi connectivity index (χ0n) is 21.6. The molecule has 0 radical (unpaired) electrons. The van der Waals surface area contributed by atoms with Crippen LogP contribution in [-0.2, 0) is 6.54 Å². The first-order valence-corrected chi connectivity index (χ1v) is 12.5. The first-order valence-electron chi connectivity index (χ1n) is 12.5. The lowest BCUT2D eigenvalue weighted by molar-refractivity contribution is 0.229. The molecule has 2 aromatic carbocycles. The van der Waals surface area contributed by atoms with Gasteiger partial charge in [0.25, 0.3) is 0 Å². The molecule has 1 saturated heterocycles. The number of nitrogens with two attached hydrogens (primary N) is 1. The van der Waals surface area contributed by atoms with Gasteiger partial charge in [-0.1, -0.05) is 30.3 Å². The van der Waals surface area contributed by atoms with Gasteiger partial charge in [-0.2, -0.15) is 4.98 Å².